The number of hydrogen-bond acceptors (Lipinski definition) is 4. The second kappa shape index (κ2) is 8.39. The summed E-state index contributed by atoms with van der Waals surface area (Å²) in [6.07, 6.45) is 0. The van der Waals surface area contributed by atoms with Crippen LogP contribution in [0.15, 0.2) is 42.5 Å². The van der Waals surface area contributed by atoms with Gasteiger partial charge in [-0.3, -0.25) is 9.59 Å². The molecule has 25 heavy (non-hydrogen) atoms. The molecular weight excluding hydrogens is 342 g/mol. The van der Waals surface area contributed by atoms with E-state index in [9.17, 15) is 9.59 Å². The first-order valence-corrected chi connectivity index (χ1v) is 8.05. The van der Waals surface area contributed by atoms with E-state index >= 15 is 0 Å². The lowest BCUT2D eigenvalue weighted by molar-refractivity contribution is -0.116. The third-order valence-corrected chi connectivity index (χ3v) is 3.64. The van der Waals surface area contributed by atoms with Gasteiger partial charge in [0, 0.05) is 23.3 Å². The summed E-state index contributed by atoms with van der Waals surface area (Å²) in [4.78, 5) is 23.4. The topological polar surface area (TPSA) is 79.5 Å². The molecule has 0 spiro atoms. The molecule has 0 heterocycles. The van der Waals surface area contributed by atoms with Crippen molar-refractivity contribution in [3.8, 4) is 5.75 Å². The van der Waals surface area contributed by atoms with E-state index in [1.807, 2.05) is 0 Å². The zero-order valence-corrected chi connectivity index (χ0v) is 15.0. The average molecular weight is 362 g/mol. The molecule has 2 aromatic carbocycles. The van der Waals surface area contributed by atoms with Crippen LogP contribution in [0.3, 0.4) is 0 Å². The van der Waals surface area contributed by atoms with Crippen LogP contribution in [0.5, 0.6) is 5.75 Å². The van der Waals surface area contributed by atoms with Crippen molar-refractivity contribution < 1.29 is 14.3 Å². The van der Waals surface area contributed by atoms with Gasteiger partial charge in [0.05, 0.1) is 12.8 Å². The Morgan fingerprint density at radius 3 is 2.28 bits per heavy atom. The predicted molar refractivity (Wildman–Crippen MR) is 100 cm³/mol. The molecule has 0 fully saturated rings. The molecule has 0 bridgehead atoms. The fourth-order valence-corrected chi connectivity index (χ4v) is 2.36. The van der Waals surface area contributed by atoms with E-state index in [-0.39, 0.29) is 11.8 Å². The molecule has 0 saturated heterocycles. The maximum absolute atomic E-state index is 12.4. The minimum atomic E-state index is -0.490. The highest BCUT2D eigenvalue weighted by molar-refractivity contribution is 6.31. The first-order chi connectivity index (χ1) is 11.9. The van der Waals surface area contributed by atoms with Crippen LogP contribution in [0, 0.1) is 0 Å². The van der Waals surface area contributed by atoms with Gasteiger partial charge in [-0.05, 0) is 49.4 Å². The number of anilines is 3. The number of benzene rings is 2. The number of ether oxygens (including phenoxy) is 1. The van der Waals surface area contributed by atoms with Gasteiger partial charge in [0.2, 0.25) is 11.8 Å². The quantitative estimate of drug-likeness (QED) is 0.732. The highest BCUT2D eigenvalue weighted by atomic mass is 35.5. The van der Waals surface area contributed by atoms with Crippen LogP contribution in [0.2, 0.25) is 5.02 Å². The van der Waals surface area contributed by atoms with Crippen LogP contribution in [-0.2, 0) is 9.59 Å². The normalized spacial score (nSPS) is 11.4. The van der Waals surface area contributed by atoms with Crippen LogP contribution in [0.1, 0.15) is 13.8 Å². The number of halogens is 1. The standard InChI is InChI=1S/C18H20ClN3O3/c1-11(20-14-5-7-15(8-6-14)21-12(2)23)18(24)22-16-10-13(19)4-9-17(16)25-3/h4-11,20H,1-3H3,(H,21,23)(H,22,24)/t11-/m0/s1. The first-order valence-electron chi connectivity index (χ1n) is 7.67. The Balaban J connectivity index is 2.00. The summed E-state index contributed by atoms with van der Waals surface area (Å²) < 4.78 is 5.22. The molecule has 2 aromatic rings. The van der Waals surface area contributed by atoms with Gasteiger partial charge >= 0.3 is 0 Å². The van der Waals surface area contributed by atoms with Crippen LogP contribution >= 0.6 is 11.6 Å². The van der Waals surface area contributed by atoms with E-state index in [1.165, 1.54) is 14.0 Å². The first kappa shape index (κ1) is 18.6. The number of nitrogens with one attached hydrogen (secondary N) is 3. The zero-order valence-electron chi connectivity index (χ0n) is 14.2. The average Bonchev–Trinajstić information content (AvgIpc) is 2.56. The van der Waals surface area contributed by atoms with Crippen molar-refractivity contribution in [3.05, 3.63) is 47.5 Å². The summed E-state index contributed by atoms with van der Waals surface area (Å²) in [6, 6.07) is 11.6. The maximum Gasteiger partial charge on any atom is 0.246 e. The lowest BCUT2D eigenvalue weighted by Crippen LogP contribution is -2.32. The number of amides is 2. The third-order valence-electron chi connectivity index (χ3n) is 3.40. The summed E-state index contributed by atoms with van der Waals surface area (Å²) in [5.41, 5.74) is 1.96. The van der Waals surface area contributed by atoms with E-state index in [0.717, 1.165) is 5.69 Å². The molecule has 132 valence electrons. The van der Waals surface area contributed by atoms with Gasteiger partial charge in [0.15, 0.2) is 0 Å². The molecule has 0 radical (unpaired) electrons. The van der Waals surface area contributed by atoms with Gasteiger partial charge in [-0.1, -0.05) is 11.6 Å². The number of rotatable bonds is 6. The number of methoxy groups -OCH3 is 1. The van der Waals surface area contributed by atoms with Crippen molar-refractivity contribution >= 4 is 40.5 Å². The van der Waals surface area contributed by atoms with Crippen LogP contribution in [0.4, 0.5) is 17.1 Å². The van der Waals surface area contributed by atoms with Crippen LogP contribution in [-0.4, -0.2) is 25.0 Å². The molecule has 6 nitrogen and oxygen atoms in total. The molecule has 0 unspecified atom stereocenters. The largest absolute Gasteiger partial charge is 0.495 e. The lowest BCUT2D eigenvalue weighted by Gasteiger charge is -2.17. The zero-order chi connectivity index (χ0) is 18.4. The summed E-state index contributed by atoms with van der Waals surface area (Å²) in [5, 5.41) is 9.08. The molecule has 7 heteroatoms. The van der Waals surface area contributed by atoms with Gasteiger partial charge in [-0.25, -0.2) is 0 Å². The molecule has 3 N–H and O–H groups in total. The lowest BCUT2D eigenvalue weighted by atomic mass is 10.2. The van der Waals surface area contributed by atoms with Crippen LogP contribution in [0.25, 0.3) is 0 Å². The van der Waals surface area contributed by atoms with Gasteiger partial charge in [0.1, 0.15) is 11.8 Å². The summed E-state index contributed by atoms with van der Waals surface area (Å²) in [6.45, 7) is 3.19. The highest BCUT2D eigenvalue weighted by Crippen LogP contribution is 2.27. The van der Waals surface area contributed by atoms with Crippen LogP contribution < -0.4 is 20.7 Å². The number of carbonyl (C=O) groups excluding carboxylic acids is 2. The molecule has 2 rings (SSSR count). The van der Waals surface area contributed by atoms with E-state index in [0.29, 0.717) is 22.1 Å². The summed E-state index contributed by atoms with van der Waals surface area (Å²) in [7, 11) is 1.53. The predicted octanol–water partition coefficient (Wildman–Crippen LogP) is 3.75. The fraction of sp³-hybridized carbons (Fsp3) is 0.222. The highest BCUT2D eigenvalue weighted by Gasteiger charge is 2.15. The van der Waals surface area contributed by atoms with Gasteiger partial charge in [0.25, 0.3) is 0 Å². The molecule has 0 aromatic heterocycles. The van der Waals surface area contributed by atoms with E-state index < -0.39 is 6.04 Å². The van der Waals surface area contributed by atoms with E-state index in [1.54, 1.807) is 49.4 Å². The number of hydrogen-bond donors (Lipinski definition) is 3. The Bertz CT molecular complexity index is 763. The molecule has 2 amide bonds. The van der Waals surface area contributed by atoms with Gasteiger partial charge in [-0.2, -0.15) is 0 Å². The number of carbonyl (C=O) groups is 2. The summed E-state index contributed by atoms with van der Waals surface area (Å²) in [5.74, 6) is 0.167. The second-order valence-electron chi connectivity index (χ2n) is 5.46. The summed E-state index contributed by atoms with van der Waals surface area (Å²) >= 11 is 5.96. The smallest absolute Gasteiger partial charge is 0.246 e. The Morgan fingerprint density at radius 2 is 1.68 bits per heavy atom. The van der Waals surface area contributed by atoms with Crippen molar-refractivity contribution in [1.82, 2.24) is 0 Å². The second-order valence-corrected chi connectivity index (χ2v) is 5.89. The Morgan fingerprint density at radius 1 is 1.04 bits per heavy atom. The van der Waals surface area contributed by atoms with Gasteiger partial charge < -0.3 is 20.7 Å². The molecule has 0 aliphatic carbocycles. The molecule has 0 saturated carbocycles. The van der Waals surface area contributed by atoms with Crippen molar-refractivity contribution in [2.45, 2.75) is 19.9 Å². The molecule has 0 aliphatic rings. The SMILES string of the molecule is COc1ccc(Cl)cc1NC(=O)[C@H](C)Nc1ccc(NC(C)=O)cc1. The van der Waals surface area contributed by atoms with Crippen molar-refractivity contribution in [1.29, 1.82) is 0 Å². The van der Waals surface area contributed by atoms with E-state index in [2.05, 4.69) is 16.0 Å². The maximum atomic E-state index is 12.4. The Kier molecular flexibility index (Phi) is 6.25. The van der Waals surface area contributed by atoms with Crippen molar-refractivity contribution in [3.63, 3.8) is 0 Å². The fourth-order valence-electron chi connectivity index (χ4n) is 2.19. The molecule has 0 aliphatic heterocycles. The monoisotopic (exact) mass is 361 g/mol. The Hall–Kier alpha value is -2.73. The van der Waals surface area contributed by atoms with E-state index in [4.69, 9.17) is 16.3 Å². The molecular formula is C18H20ClN3O3. The van der Waals surface area contributed by atoms with Crippen molar-refractivity contribution in [2.75, 3.05) is 23.1 Å². The minimum absolute atomic E-state index is 0.135. The Labute approximate surface area is 151 Å². The minimum Gasteiger partial charge on any atom is -0.495 e. The van der Waals surface area contributed by atoms with Crippen molar-refractivity contribution in [2.24, 2.45) is 0 Å². The molecule has 1 atom stereocenters. The van der Waals surface area contributed by atoms with Gasteiger partial charge in [-0.15, -0.1) is 0 Å². The third kappa shape index (κ3) is 5.39.